The molecule has 0 spiro atoms. The smallest absolute Gasteiger partial charge is 0.147 e. The Morgan fingerprint density at radius 3 is 2.60 bits per heavy atom. The van der Waals surface area contributed by atoms with Gasteiger partial charge < -0.3 is 5.32 Å². The van der Waals surface area contributed by atoms with Crippen LogP contribution in [0.4, 0.5) is 0 Å². The number of nitrogens with one attached hydrogen (secondary N) is 1. The summed E-state index contributed by atoms with van der Waals surface area (Å²) in [6.45, 7) is 3.97. The highest BCUT2D eigenvalue weighted by atomic mass is 79.9. The lowest BCUT2D eigenvalue weighted by Gasteiger charge is -2.18. The number of sulfone groups is 1. The molecule has 0 amide bonds. The number of benzene rings is 1. The van der Waals surface area contributed by atoms with Gasteiger partial charge in [-0.25, -0.2) is 8.42 Å². The molecule has 0 fully saturated rings. The Morgan fingerprint density at radius 2 is 2.00 bits per heavy atom. The number of rotatable bonds is 9. The summed E-state index contributed by atoms with van der Waals surface area (Å²) in [5.74, 6) is 0.602. The van der Waals surface area contributed by atoms with Crippen LogP contribution in [0.5, 0.6) is 0 Å². The summed E-state index contributed by atoms with van der Waals surface area (Å²) >= 11 is 3.56. The topological polar surface area (TPSA) is 46.2 Å². The first-order valence-electron chi connectivity index (χ1n) is 7.04. The maximum absolute atomic E-state index is 11.4. The minimum atomic E-state index is -2.89. The van der Waals surface area contributed by atoms with Crippen LogP contribution in [0.3, 0.4) is 0 Å². The molecule has 0 bridgehead atoms. The van der Waals surface area contributed by atoms with E-state index in [1.807, 2.05) is 18.2 Å². The Labute approximate surface area is 131 Å². The molecule has 0 aliphatic carbocycles. The van der Waals surface area contributed by atoms with Crippen molar-refractivity contribution in [3.63, 3.8) is 0 Å². The SMILES string of the molecule is CCCNCC(CCS(C)(=O)=O)Cc1ccccc1Br. The molecule has 0 aliphatic rings. The fourth-order valence-corrected chi connectivity index (χ4v) is 3.32. The molecule has 1 rings (SSSR count). The van der Waals surface area contributed by atoms with E-state index < -0.39 is 9.84 Å². The second-order valence-corrected chi connectivity index (χ2v) is 8.40. The van der Waals surface area contributed by atoms with Gasteiger partial charge in [-0.1, -0.05) is 41.1 Å². The van der Waals surface area contributed by atoms with E-state index in [2.05, 4.69) is 34.2 Å². The second-order valence-electron chi connectivity index (χ2n) is 5.28. The van der Waals surface area contributed by atoms with E-state index in [-0.39, 0.29) is 5.75 Å². The molecule has 0 aromatic heterocycles. The molecule has 1 aromatic carbocycles. The van der Waals surface area contributed by atoms with E-state index in [9.17, 15) is 8.42 Å². The lowest BCUT2D eigenvalue weighted by atomic mass is 9.97. The largest absolute Gasteiger partial charge is 0.316 e. The molecule has 0 saturated heterocycles. The normalized spacial score (nSPS) is 13.3. The van der Waals surface area contributed by atoms with Crippen LogP contribution >= 0.6 is 15.9 Å². The van der Waals surface area contributed by atoms with Crippen molar-refractivity contribution in [1.29, 1.82) is 0 Å². The van der Waals surface area contributed by atoms with Gasteiger partial charge in [0, 0.05) is 10.7 Å². The van der Waals surface area contributed by atoms with Crippen LogP contribution in [-0.4, -0.2) is 33.5 Å². The molecule has 0 saturated carbocycles. The van der Waals surface area contributed by atoms with Gasteiger partial charge in [-0.05, 0) is 49.9 Å². The van der Waals surface area contributed by atoms with E-state index in [1.54, 1.807) is 0 Å². The van der Waals surface area contributed by atoms with Gasteiger partial charge in [0.1, 0.15) is 9.84 Å². The van der Waals surface area contributed by atoms with Crippen LogP contribution < -0.4 is 5.32 Å². The van der Waals surface area contributed by atoms with Crippen LogP contribution in [0.15, 0.2) is 28.7 Å². The van der Waals surface area contributed by atoms with Gasteiger partial charge in [0.15, 0.2) is 0 Å². The summed E-state index contributed by atoms with van der Waals surface area (Å²) in [4.78, 5) is 0. The molecule has 114 valence electrons. The van der Waals surface area contributed by atoms with Crippen molar-refractivity contribution < 1.29 is 8.42 Å². The lowest BCUT2D eigenvalue weighted by molar-refractivity contribution is 0.458. The summed E-state index contributed by atoms with van der Waals surface area (Å²) in [5, 5.41) is 3.40. The van der Waals surface area contributed by atoms with Gasteiger partial charge in [-0.15, -0.1) is 0 Å². The van der Waals surface area contributed by atoms with Crippen molar-refractivity contribution >= 4 is 25.8 Å². The highest BCUT2D eigenvalue weighted by molar-refractivity contribution is 9.10. The predicted molar refractivity (Wildman–Crippen MR) is 88.8 cm³/mol. The van der Waals surface area contributed by atoms with Gasteiger partial charge >= 0.3 is 0 Å². The lowest BCUT2D eigenvalue weighted by Crippen LogP contribution is -2.26. The maximum atomic E-state index is 11.4. The van der Waals surface area contributed by atoms with Crippen LogP contribution in [0.1, 0.15) is 25.3 Å². The molecule has 1 atom stereocenters. The zero-order valence-corrected chi connectivity index (χ0v) is 14.6. The monoisotopic (exact) mass is 361 g/mol. The van der Waals surface area contributed by atoms with Gasteiger partial charge in [0.05, 0.1) is 5.75 Å². The molecular weight excluding hydrogens is 338 g/mol. The summed E-state index contributed by atoms with van der Waals surface area (Å²) < 4.78 is 23.8. The number of hydrogen-bond acceptors (Lipinski definition) is 3. The van der Waals surface area contributed by atoms with E-state index >= 15 is 0 Å². The summed E-state index contributed by atoms with van der Waals surface area (Å²) in [6, 6.07) is 8.14. The summed E-state index contributed by atoms with van der Waals surface area (Å²) in [7, 11) is -2.89. The predicted octanol–water partition coefficient (Wildman–Crippen LogP) is 3.04. The molecule has 0 aliphatic heterocycles. The first-order valence-corrected chi connectivity index (χ1v) is 9.89. The fourth-order valence-electron chi connectivity index (χ4n) is 2.11. The first kappa shape index (κ1) is 17.7. The molecule has 3 nitrogen and oxygen atoms in total. The van der Waals surface area contributed by atoms with Gasteiger partial charge in [-0.2, -0.15) is 0 Å². The number of halogens is 1. The quantitative estimate of drug-likeness (QED) is 0.687. The van der Waals surface area contributed by atoms with E-state index in [0.717, 1.165) is 30.4 Å². The maximum Gasteiger partial charge on any atom is 0.147 e. The van der Waals surface area contributed by atoms with Crippen molar-refractivity contribution in [3.8, 4) is 0 Å². The van der Waals surface area contributed by atoms with Crippen molar-refractivity contribution in [3.05, 3.63) is 34.3 Å². The van der Waals surface area contributed by atoms with Crippen LogP contribution in [0.25, 0.3) is 0 Å². The van der Waals surface area contributed by atoms with Crippen molar-refractivity contribution in [2.45, 2.75) is 26.2 Å². The molecule has 20 heavy (non-hydrogen) atoms. The van der Waals surface area contributed by atoms with E-state index in [0.29, 0.717) is 12.3 Å². The highest BCUT2D eigenvalue weighted by Crippen LogP contribution is 2.21. The Morgan fingerprint density at radius 1 is 1.30 bits per heavy atom. The number of hydrogen-bond donors (Lipinski definition) is 1. The van der Waals surface area contributed by atoms with Crippen LogP contribution in [0.2, 0.25) is 0 Å². The summed E-state index contributed by atoms with van der Waals surface area (Å²) in [5.41, 5.74) is 1.24. The van der Waals surface area contributed by atoms with Crippen LogP contribution in [-0.2, 0) is 16.3 Å². The average molecular weight is 362 g/mol. The molecule has 0 heterocycles. The third-order valence-corrected chi connectivity index (χ3v) is 4.97. The molecule has 0 radical (unpaired) electrons. The Balaban J connectivity index is 2.64. The Hall–Kier alpha value is -0.390. The van der Waals surface area contributed by atoms with Gasteiger partial charge in [0.25, 0.3) is 0 Å². The van der Waals surface area contributed by atoms with Crippen molar-refractivity contribution in [1.82, 2.24) is 5.32 Å². The van der Waals surface area contributed by atoms with Gasteiger partial charge in [0.2, 0.25) is 0 Å². The molecule has 1 unspecified atom stereocenters. The van der Waals surface area contributed by atoms with Crippen LogP contribution in [0, 0.1) is 5.92 Å². The van der Waals surface area contributed by atoms with Crippen molar-refractivity contribution in [2.75, 3.05) is 25.1 Å². The van der Waals surface area contributed by atoms with Gasteiger partial charge in [-0.3, -0.25) is 0 Å². The highest BCUT2D eigenvalue weighted by Gasteiger charge is 2.14. The third-order valence-electron chi connectivity index (χ3n) is 3.22. The first-order chi connectivity index (χ1) is 9.42. The summed E-state index contributed by atoms with van der Waals surface area (Å²) in [6.07, 6.45) is 4.00. The minimum Gasteiger partial charge on any atom is -0.316 e. The average Bonchev–Trinajstić information content (AvgIpc) is 2.37. The van der Waals surface area contributed by atoms with E-state index in [4.69, 9.17) is 0 Å². The molecule has 1 aromatic rings. The van der Waals surface area contributed by atoms with E-state index in [1.165, 1.54) is 11.8 Å². The third kappa shape index (κ3) is 7.41. The minimum absolute atomic E-state index is 0.260. The standard InChI is InChI=1S/C15H24BrNO2S/c1-3-9-17-12-13(8-10-20(2,18)19)11-14-6-4-5-7-15(14)16/h4-7,13,17H,3,8-12H2,1-2H3. The fraction of sp³-hybridized carbons (Fsp3) is 0.600. The molecular formula is C15H24BrNO2S. The molecule has 5 heteroatoms. The van der Waals surface area contributed by atoms with Crippen molar-refractivity contribution in [2.24, 2.45) is 5.92 Å². The Bertz CT molecular complexity index is 502. The second kappa shape index (κ2) is 8.80. The zero-order valence-electron chi connectivity index (χ0n) is 12.2. The Kier molecular flexibility index (Phi) is 7.77. The zero-order chi connectivity index (χ0) is 15.0. The molecule has 1 N–H and O–H groups in total.